The summed E-state index contributed by atoms with van der Waals surface area (Å²) in [6.45, 7) is 6.33. The van der Waals surface area contributed by atoms with Gasteiger partial charge in [0.05, 0.1) is 7.11 Å². The summed E-state index contributed by atoms with van der Waals surface area (Å²) in [4.78, 5) is 12.0. The summed E-state index contributed by atoms with van der Waals surface area (Å²) >= 11 is 5.61. The molecule has 100 valence electrons. The quantitative estimate of drug-likeness (QED) is 0.591. The minimum Gasteiger partial charge on any atom is -0.496 e. The van der Waals surface area contributed by atoms with E-state index in [1.54, 1.807) is 7.11 Å². The number of Topliss-reactive ketones (excluding diaryl/α,β-unsaturated/α-hetero) is 1. The topological polar surface area (TPSA) is 26.3 Å². The Hall–Kier alpha value is -1.02. The molecule has 0 fully saturated rings. The summed E-state index contributed by atoms with van der Waals surface area (Å²) in [5, 5.41) is 0. The van der Waals surface area contributed by atoms with Crippen molar-refractivity contribution in [1.29, 1.82) is 0 Å². The van der Waals surface area contributed by atoms with Gasteiger partial charge >= 0.3 is 0 Å². The molecule has 0 aromatic heterocycles. The summed E-state index contributed by atoms with van der Waals surface area (Å²) in [5.74, 6) is 1.49. The van der Waals surface area contributed by atoms with Gasteiger partial charge in [0.25, 0.3) is 0 Å². The molecule has 0 heterocycles. The zero-order valence-electron chi connectivity index (χ0n) is 11.5. The van der Waals surface area contributed by atoms with Gasteiger partial charge in [-0.1, -0.05) is 20.8 Å². The zero-order chi connectivity index (χ0) is 13.8. The van der Waals surface area contributed by atoms with E-state index in [4.69, 9.17) is 16.3 Å². The normalized spacial score (nSPS) is 11.4. The van der Waals surface area contributed by atoms with Crippen molar-refractivity contribution in [2.75, 3.05) is 13.0 Å². The molecule has 0 saturated heterocycles. The summed E-state index contributed by atoms with van der Waals surface area (Å²) < 4.78 is 5.36. The second kappa shape index (κ2) is 6.24. The zero-order valence-corrected chi connectivity index (χ0v) is 12.3. The smallest absolute Gasteiger partial charge is 0.162 e. The van der Waals surface area contributed by atoms with Crippen molar-refractivity contribution in [3.05, 3.63) is 29.3 Å². The van der Waals surface area contributed by atoms with E-state index in [0.29, 0.717) is 12.3 Å². The van der Waals surface area contributed by atoms with E-state index >= 15 is 0 Å². The lowest BCUT2D eigenvalue weighted by Gasteiger charge is -2.22. The fourth-order valence-corrected chi connectivity index (χ4v) is 1.97. The van der Waals surface area contributed by atoms with E-state index in [1.165, 1.54) is 0 Å². The maximum absolute atomic E-state index is 12.0. The van der Waals surface area contributed by atoms with E-state index in [9.17, 15) is 4.79 Å². The standard InChI is InChI=1S/C15H21ClO2/c1-15(2,3)12-10-11(7-8-14(12)18-4)13(17)6-5-9-16/h7-8,10H,5-6,9H2,1-4H3. The van der Waals surface area contributed by atoms with Gasteiger partial charge in [-0.2, -0.15) is 0 Å². The third-order valence-electron chi connectivity index (χ3n) is 2.87. The number of benzene rings is 1. The minimum atomic E-state index is -0.0475. The molecular weight excluding hydrogens is 248 g/mol. The highest BCUT2D eigenvalue weighted by Gasteiger charge is 2.20. The fraction of sp³-hybridized carbons (Fsp3) is 0.533. The molecule has 1 aromatic carbocycles. The Kier molecular flexibility index (Phi) is 5.21. The van der Waals surface area contributed by atoms with Gasteiger partial charge in [-0.25, -0.2) is 0 Å². The second-order valence-corrected chi connectivity index (χ2v) is 5.76. The Bertz CT molecular complexity index is 419. The average Bonchev–Trinajstić information content (AvgIpc) is 2.34. The first kappa shape index (κ1) is 15.0. The molecule has 2 nitrogen and oxygen atoms in total. The number of rotatable bonds is 5. The summed E-state index contributed by atoms with van der Waals surface area (Å²) in [6.07, 6.45) is 1.22. The number of carbonyl (C=O) groups excluding carboxylic acids is 1. The Morgan fingerprint density at radius 3 is 2.50 bits per heavy atom. The third kappa shape index (κ3) is 3.74. The average molecular weight is 269 g/mol. The van der Waals surface area contributed by atoms with Crippen molar-refractivity contribution in [2.24, 2.45) is 0 Å². The van der Waals surface area contributed by atoms with Crippen molar-refractivity contribution in [1.82, 2.24) is 0 Å². The number of methoxy groups -OCH3 is 1. The first-order valence-electron chi connectivity index (χ1n) is 6.18. The lowest BCUT2D eigenvalue weighted by molar-refractivity contribution is 0.0982. The van der Waals surface area contributed by atoms with Crippen molar-refractivity contribution < 1.29 is 9.53 Å². The number of hydrogen-bond donors (Lipinski definition) is 0. The molecule has 18 heavy (non-hydrogen) atoms. The van der Waals surface area contributed by atoms with Gasteiger partial charge in [0, 0.05) is 23.4 Å². The molecule has 0 aliphatic rings. The van der Waals surface area contributed by atoms with Crippen LogP contribution in [0, 0.1) is 0 Å². The van der Waals surface area contributed by atoms with Crippen LogP contribution in [0.1, 0.15) is 49.5 Å². The van der Waals surface area contributed by atoms with Crippen LogP contribution in [0.2, 0.25) is 0 Å². The number of ketones is 1. The van der Waals surface area contributed by atoms with Crippen molar-refractivity contribution in [3.8, 4) is 5.75 Å². The van der Waals surface area contributed by atoms with Crippen LogP contribution in [-0.2, 0) is 5.41 Å². The lowest BCUT2D eigenvalue weighted by Crippen LogP contribution is -2.14. The molecule has 0 saturated carbocycles. The maximum Gasteiger partial charge on any atom is 0.162 e. The minimum absolute atomic E-state index is 0.0475. The predicted molar refractivity (Wildman–Crippen MR) is 76.0 cm³/mol. The number of alkyl halides is 1. The highest BCUT2D eigenvalue weighted by atomic mass is 35.5. The molecule has 0 unspecified atom stereocenters. The largest absolute Gasteiger partial charge is 0.496 e. The van der Waals surface area contributed by atoms with Crippen LogP contribution in [-0.4, -0.2) is 18.8 Å². The molecule has 0 N–H and O–H groups in total. The Morgan fingerprint density at radius 1 is 1.33 bits per heavy atom. The van der Waals surface area contributed by atoms with Gasteiger partial charge in [-0.3, -0.25) is 4.79 Å². The molecule has 1 rings (SSSR count). The first-order valence-corrected chi connectivity index (χ1v) is 6.71. The number of ether oxygens (including phenoxy) is 1. The molecule has 0 aliphatic carbocycles. The molecule has 0 aliphatic heterocycles. The maximum atomic E-state index is 12.0. The molecule has 0 spiro atoms. The van der Waals surface area contributed by atoms with Crippen LogP contribution in [0.15, 0.2) is 18.2 Å². The van der Waals surface area contributed by atoms with Crippen molar-refractivity contribution in [2.45, 2.75) is 39.0 Å². The van der Waals surface area contributed by atoms with Crippen LogP contribution >= 0.6 is 11.6 Å². The van der Waals surface area contributed by atoms with Crippen LogP contribution in [0.25, 0.3) is 0 Å². The van der Waals surface area contributed by atoms with Crippen LogP contribution in [0.3, 0.4) is 0 Å². The van der Waals surface area contributed by atoms with Gasteiger partial charge in [0.2, 0.25) is 0 Å². The summed E-state index contributed by atoms with van der Waals surface area (Å²) in [6, 6.07) is 5.63. The highest BCUT2D eigenvalue weighted by molar-refractivity contribution is 6.18. The summed E-state index contributed by atoms with van der Waals surface area (Å²) in [7, 11) is 1.65. The molecule has 0 bridgehead atoms. The van der Waals surface area contributed by atoms with Crippen molar-refractivity contribution in [3.63, 3.8) is 0 Å². The van der Waals surface area contributed by atoms with Gasteiger partial charge in [-0.15, -0.1) is 11.6 Å². The van der Waals surface area contributed by atoms with Gasteiger partial charge < -0.3 is 4.74 Å². The fourth-order valence-electron chi connectivity index (χ4n) is 1.84. The Morgan fingerprint density at radius 2 is 2.00 bits per heavy atom. The molecule has 0 atom stereocenters. The predicted octanol–water partition coefficient (Wildman–Crippen LogP) is 4.19. The van der Waals surface area contributed by atoms with Crippen LogP contribution < -0.4 is 4.74 Å². The Balaban J connectivity index is 3.07. The van der Waals surface area contributed by atoms with E-state index in [2.05, 4.69) is 20.8 Å². The van der Waals surface area contributed by atoms with E-state index in [0.717, 1.165) is 23.3 Å². The van der Waals surface area contributed by atoms with E-state index in [1.807, 2.05) is 18.2 Å². The highest BCUT2D eigenvalue weighted by Crippen LogP contribution is 2.32. The van der Waals surface area contributed by atoms with Crippen molar-refractivity contribution >= 4 is 17.4 Å². The third-order valence-corrected chi connectivity index (χ3v) is 3.13. The number of halogens is 1. The van der Waals surface area contributed by atoms with E-state index < -0.39 is 0 Å². The number of hydrogen-bond acceptors (Lipinski definition) is 2. The lowest BCUT2D eigenvalue weighted by atomic mass is 9.84. The first-order chi connectivity index (χ1) is 8.40. The Labute approximate surface area is 114 Å². The van der Waals surface area contributed by atoms with Crippen LogP contribution in [0.5, 0.6) is 5.75 Å². The molecular formula is C15H21ClO2. The number of carbonyl (C=O) groups is 1. The van der Waals surface area contributed by atoms with Gasteiger partial charge in [-0.05, 0) is 30.0 Å². The van der Waals surface area contributed by atoms with Crippen LogP contribution in [0.4, 0.5) is 0 Å². The second-order valence-electron chi connectivity index (χ2n) is 5.38. The van der Waals surface area contributed by atoms with Gasteiger partial charge in [0.1, 0.15) is 5.75 Å². The summed E-state index contributed by atoms with van der Waals surface area (Å²) in [5.41, 5.74) is 1.75. The molecule has 0 radical (unpaired) electrons. The monoisotopic (exact) mass is 268 g/mol. The molecule has 3 heteroatoms. The molecule has 1 aromatic rings. The molecule has 0 amide bonds. The van der Waals surface area contributed by atoms with Gasteiger partial charge in [0.15, 0.2) is 5.78 Å². The van der Waals surface area contributed by atoms with E-state index in [-0.39, 0.29) is 11.2 Å². The SMILES string of the molecule is COc1ccc(C(=O)CCCCl)cc1C(C)(C)C.